The summed E-state index contributed by atoms with van der Waals surface area (Å²) in [5, 5.41) is 9.27. The Bertz CT molecular complexity index is 552. The second-order valence-corrected chi connectivity index (χ2v) is 4.67. The van der Waals surface area contributed by atoms with Crippen LogP contribution in [0.3, 0.4) is 0 Å². The molecule has 1 aromatic carbocycles. The third-order valence-corrected chi connectivity index (χ3v) is 3.29. The van der Waals surface area contributed by atoms with Crippen molar-refractivity contribution < 1.29 is 9.53 Å². The number of nitriles is 1. The Morgan fingerprint density at radius 2 is 2.20 bits per heavy atom. The molecule has 104 valence electrons. The Kier molecular flexibility index (Phi) is 4.78. The number of carbonyl (C=O) groups excluding carboxylic acids is 1. The summed E-state index contributed by atoms with van der Waals surface area (Å²) in [7, 11) is 0. The molecule has 1 fully saturated rings. The molecule has 1 saturated heterocycles. The number of nitrogens with zero attached hydrogens (tertiary/aromatic N) is 2. The first kappa shape index (κ1) is 14.1. The van der Waals surface area contributed by atoms with E-state index in [0.717, 1.165) is 24.3 Å². The van der Waals surface area contributed by atoms with Crippen molar-refractivity contribution in [3.63, 3.8) is 0 Å². The van der Waals surface area contributed by atoms with E-state index in [-0.39, 0.29) is 5.97 Å². The topological polar surface area (TPSA) is 53.3 Å². The van der Waals surface area contributed by atoms with E-state index in [0.29, 0.717) is 12.2 Å². The quantitative estimate of drug-likeness (QED) is 0.623. The van der Waals surface area contributed by atoms with Crippen molar-refractivity contribution in [1.82, 2.24) is 0 Å². The molecule has 0 amide bonds. The van der Waals surface area contributed by atoms with Gasteiger partial charge in [-0.15, -0.1) is 0 Å². The number of hydrogen-bond acceptors (Lipinski definition) is 4. The Morgan fingerprint density at radius 1 is 1.45 bits per heavy atom. The summed E-state index contributed by atoms with van der Waals surface area (Å²) in [4.78, 5) is 13.5. The summed E-state index contributed by atoms with van der Waals surface area (Å²) in [6.45, 7) is 4.14. The molecule has 0 saturated carbocycles. The van der Waals surface area contributed by atoms with Gasteiger partial charge in [0.15, 0.2) is 0 Å². The lowest BCUT2D eigenvalue weighted by Gasteiger charge is -2.19. The van der Waals surface area contributed by atoms with Gasteiger partial charge in [0.05, 0.1) is 17.9 Å². The van der Waals surface area contributed by atoms with Crippen LogP contribution >= 0.6 is 0 Å². The molecule has 0 N–H and O–H groups in total. The van der Waals surface area contributed by atoms with Crippen LogP contribution in [0.2, 0.25) is 0 Å². The highest BCUT2D eigenvalue weighted by molar-refractivity contribution is 5.87. The fourth-order valence-corrected chi connectivity index (χ4v) is 2.34. The minimum absolute atomic E-state index is 0.362. The molecule has 0 bridgehead atoms. The first-order chi connectivity index (χ1) is 9.74. The number of rotatable bonds is 4. The molecule has 1 aliphatic rings. The molecular weight excluding hydrogens is 252 g/mol. The number of carbonyl (C=O) groups is 1. The SMILES string of the molecule is CCOC(=O)/C=C/c1ccc(N2CCCC2)c(C#N)c1. The van der Waals surface area contributed by atoms with Crippen LogP contribution in [-0.4, -0.2) is 25.7 Å². The Morgan fingerprint density at radius 3 is 2.85 bits per heavy atom. The summed E-state index contributed by atoms with van der Waals surface area (Å²) in [6, 6.07) is 7.92. The maximum absolute atomic E-state index is 11.3. The van der Waals surface area contributed by atoms with Gasteiger partial charge in [-0.2, -0.15) is 5.26 Å². The average Bonchev–Trinajstić information content (AvgIpc) is 2.99. The molecule has 2 rings (SSSR count). The predicted molar refractivity (Wildman–Crippen MR) is 78.3 cm³/mol. The predicted octanol–water partition coefficient (Wildman–Crippen LogP) is 2.73. The Hall–Kier alpha value is -2.28. The molecule has 1 aliphatic heterocycles. The smallest absolute Gasteiger partial charge is 0.330 e. The number of anilines is 1. The van der Waals surface area contributed by atoms with E-state index in [1.54, 1.807) is 13.0 Å². The number of ether oxygens (including phenoxy) is 1. The van der Waals surface area contributed by atoms with E-state index >= 15 is 0 Å². The van der Waals surface area contributed by atoms with Gasteiger partial charge in [0.25, 0.3) is 0 Å². The second kappa shape index (κ2) is 6.76. The number of hydrogen-bond donors (Lipinski definition) is 0. The molecule has 1 aromatic rings. The monoisotopic (exact) mass is 270 g/mol. The minimum Gasteiger partial charge on any atom is -0.463 e. The van der Waals surface area contributed by atoms with Crippen molar-refractivity contribution in [2.24, 2.45) is 0 Å². The summed E-state index contributed by atoms with van der Waals surface area (Å²) < 4.78 is 4.83. The summed E-state index contributed by atoms with van der Waals surface area (Å²) in [5.41, 5.74) is 2.47. The zero-order valence-electron chi connectivity index (χ0n) is 11.6. The van der Waals surface area contributed by atoms with Gasteiger partial charge in [-0.3, -0.25) is 0 Å². The standard InChI is InChI=1S/C16H18N2O2/c1-2-20-16(19)8-6-13-5-7-15(14(11-13)12-17)18-9-3-4-10-18/h5-8,11H,2-4,9-10H2,1H3/b8-6+. The second-order valence-electron chi connectivity index (χ2n) is 4.67. The Balaban J connectivity index is 2.17. The van der Waals surface area contributed by atoms with Crippen LogP contribution in [0.5, 0.6) is 0 Å². The summed E-state index contributed by atoms with van der Waals surface area (Å²) in [5.74, 6) is -0.366. The van der Waals surface area contributed by atoms with Gasteiger partial charge < -0.3 is 9.64 Å². The fraction of sp³-hybridized carbons (Fsp3) is 0.375. The normalized spacial score (nSPS) is 14.5. The molecule has 1 heterocycles. The van der Waals surface area contributed by atoms with Crippen LogP contribution in [0.1, 0.15) is 30.9 Å². The third kappa shape index (κ3) is 3.39. The van der Waals surface area contributed by atoms with Gasteiger partial charge in [-0.05, 0) is 43.5 Å². The van der Waals surface area contributed by atoms with Crippen molar-refractivity contribution >= 4 is 17.7 Å². The third-order valence-electron chi connectivity index (χ3n) is 3.29. The molecule has 0 spiro atoms. The van der Waals surface area contributed by atoms with E-state index in [2.05, 4.69) is 11.0 Å². The van der Waals surface area contributed by atoms with Crippen molar-refractivity contribution in [1.29, 1.82) is 5.26 Å². The van der Waals surface area contributed by atoms with Gasteiger partial charge in [0.2, 0.25) is 0 Å². The lowest BCUT2D eigenvalue weighted by atomic mass is 10.1. The van der Waals surface area contributed by atoms with Crippen molar-refractivity contribution in [3.05, 3.63) is 35.4 Å². The molecule has 4 heteroatoms. The zero-order valence-corrected chi connectivity index (χ0v) is 11.6. The van der Waals surface area contributed by atoms with Gasteiger partial charge >= 0.3 is 5.97 Å². The van der Waals surface area contributed by atoms with Crippen LogP contribution in [0.25, 0.3) is 6.08 Å². The lowest BCUT2D eigenvalue weighted by Crippen LogP contribution is -2.18. The van der Waals surface area contributed by atoms with E-state index < -0.39 is 0 Å². The van der Waals surface area contributed by atoms with E-state index in [4.69, 9.17) is 4.74 Å². The summed E-state index contributed by atoms with van der Waals surface area (Å²) >= 11 is 0. The Labute approximate surface area is 119 Å². The van der Waals surface area contributed by atoms with Crippen molar-refractivity contribution in [2.75, 3.05) is 24.6 Å². The van der Waals surface area contributed by atoms with Crippen LogP contribution in [-0.2, 0) is 9.53 Å². The van der Waals surface area contributed by atoms with Crippen LogP contribution in [0.15, 0.2) is 24.3 Å². The maximum atomic E-state index is 11.3. The van der Waals surface area contributed by atoms with Gasteiger partial charge in [-0.25, -0.2) is 4.79 Å². The molecule has 20 heavy (non-hydrogen) atoms. The number of benzene rings is 1. The first-order valence-corrected chi connectivity index (χ1v) is 6.88. The van der Waals surface area contributed by atoms with Crippen molar-refractivity contribution in [3.8, 4) is 6.07 Å². The van der Waals surface area contributed by atoms with E-state index in [1.165, 1.54) is 18.9 Å². The van der Waals surface area contributed by atoms with E-state index in [1.807, 2.05) is 18.2 Å². The zero-order chi connectivity index (χ0) is 14.4. The lowest BCUT2D eigenvalue weighted by molar-refractivity contribution is -0.137. The van der Waals surface area contributed by atoms with Crippen LogP contribution in [0, 0.1) is 11.3 Å². The fourth-order valence-electron chi connectivity index (χ4n) is 2.34. The molecule has 4 nitrogen and oxygen atoms in total. The van der Waals surface area contributed by atoms with Gasteiger partial charge in [0.1, 0.15) is 6.07 Å². The van der Waals surface area contributed by atoms with Crippen LogP contribution < -0.4 is 4.90 Å². The molecule has 0 aromatic heterocycles. The largest absolute Gasteiger partial charge is 0.463 e. The average molecular weight is 270 g/mol. The summed E-state index contributed by atoms with van der Waals surface area (Å²) in [6.07, 6.45) is 5.41. The first-order valence-electron chi connectivity index (χ1n) is 6.88. The maximum Gasteiger partial charge on any atom is 0.330 e. The molecule has 0 radical (unpaired) electrons. The molecule has 0 aliphatic carbocycles. The van der Waals surface area contributed by atoms with Crippen molar-refractivity contribution in [2.45, 2.75) is 19.8 Å². The highest BCUT2D eigenvalue weighted by Gasteiger charge is 2.15. The van der Waals surface area contributed by atoms with Crippen LogP contribution in [0.4, 0.5) is 5.69 Å². The molecule has 0 unspecified atom stereocenters. The number of esters is 1. The van der Waals surface area contributed by atoms with Gasteiger partial charge in [0, 0.05) is 19.2 Å². The minimum atomic E-state index is -0.366. The van der Waals surface area contributed by atoms with E-state index in [9.17, 15) is 10.1 Å². The highest BCUT2D eigenvalue weighted by atomic mass is 16.5. The van der Waals surface area contributed by atoms with Gasteiger partial charge in [-0.1, -0.05) is 6.07 Å². The molecule has 0 atom stereocenters. The molecular formula is C16H18N2O2. The highest BCUT2D eigenvalue weighted by Crippen LogP contribution is 2.25.